The molecule has 1 unspecified atom stereocenters. The van der Waals surface area contributed by atoms with Crippen LogP contribution in [0.2, 0.25) is 0 Å². The lowest BCUT2D eigenvalue weighted by Gasteiger charge is -2.32. The van der Waals surface area contributed by atoms with Gasteiger partial charge in [0.05, 0.1) is 17.2 Å². The topological polar surface area (TPSA) is 59.0 Å². The first kappa shape index (κ1) is 18.2. The molecule has 7 heteroatoms. The summed E-state index contributed by atoms with van der Waals surface area (Å²) in [5, 5.41) is 9.24. The third-order valence-corrected chi connectivity index (χ3v) is 5.93. The number of benzene rings is 1. The SMILES string of the molecule is Cc1cc2c(c(F)c1B1OC(C)(C)C(C)(C)O1)CCC2N(C)C(=O)O. The van der Waals surface area contributed by atoms with Crippen LogP contribution in [0.4, 0.5) is 9.18 Å². The van der Waals surface area contributed by atoms with Gasteiger partial charge in [0.25, 0.3) is 0 Å². The van der Waals surface area contributed by atoms with Crippen molar-refractivity contribution in [3.63, 3.8) is 0 Å². The fourth-order valence-electron chi connectivity index (χ4n) is 3.63. The first-order chi connectivity index (χ1) is 11.5. The number of aryl methyl sites for hydroxylation is 1. The monoisotopic (exact) mass is 349 g/mol. The second-order valence-corrected chi connectivity index (χ2v) is 8.03. The van der Waals surface area contributed by atoms with Crippen LogP contribution in [0, 0.1) is 12.7 Å². The molecule has 1 aliphatic carbocycles. The van der Waals surface area contributed by atoms with Crippen molar-refractivity contribution in [2.45, 2.75) is 64.7 Å². The standard InChI is InChI=1S/C18H25BFNO4/c1-10-9-12-11(7-8-13(12)21(6)16(22)23)15(20)14(10)19-24-17(2,3)18(4,5)25-19/h9,13H,7-8H2,1-6H3,(H,22,23). The van der Waals surface area contributed by atoms with E-state index in [4.69, 9.17) is 9.31 Å². The van der Waals surface area contributed by atoms with Crippen molar-refractivity contribution >= 4 is 18.7 Å². The molecule has 1 saturated heterocycles. The summed E-state index contributed by atoms with van der Waals surface area (Å²) in [7, 11) is 0.767. The van der Waals surface area contributed by atoms with Gasteiger partial charge in [-0.05, 0) is 64.2 Å². The van der Waals surface area contributed by atoms with Gasteiger partial charge in [0.15, 0.2) is 0 Å². The predicted octanol–water partition coefficient (Wildman–Crippen LogP) is 3.03. The molecular weight excluding hydrogens is 324 g/mol. The van der Waals surface area contributed by atoms with Gasteiger partial charge in [-0.3, -0.25) is 0 Å². The number of fused-ring (bicyclic) bond motifs is 1. The summed E-state index contributed by atoms with van der Waals surface area (Å²) < 4.78 is 27.3. The van der Waals surface area contributed by atoms with Gasteiger partial charge in [-0.15, -0.1) is 0 Å². The Kier molecular flexibility index (Phi) is 4.16. The van der Waals surface area contributed by atoms with Crippen LogP contribution in [0.25, 0.3) is 0 Å². The van der Waals surface area contributed by atoms with Crippen LogP contribution in [0.1, 0.15) is 56.8 Å². The highest BCUT2D eigenvalue weighted by Gasteiger charge is 2.53. The minimum absolute atomic E-state index is 0.312. The maximum Gasteiger partial charge on any atom is 0.498 e. The minimum Gasteiger partial charge on any atom is -0.465 e. The van der Waals surface area contributed by atoms with E-state index in [1.807, 2.05) is 40.7 Å². The van der Waals surface area contributed by atoms with Gasteiger partial charge < -0.3 is 19.3 Å². The fourth-order valence-corrected chi connectivity index (χ4v) is 3.63. The summed E-state index contributed by atoms with van der Waals surface area (Å²) in [4.78, 5) is 12.5. The summed E-state index contributed by atoms with van der Waals surface area (Å²) in [6.07, 6.45) is 0.0864. The van der Waals surface area contributed by atoms with Crippen molar-refractivity contribution in [3.8, 4) is 0 Å². The van der Waals surface area contributed by atoms with Crippen molar-refractivity contribution < 1.29 is 23.6 Å². The molecule has 1 fully saturated rings. The zero-order valence-corrected chi connectivity index (χ0v) is 15.6. The number of nitrogens with zero attached hydrogens (tertiary/aromatic N) is 1. The van der Waals surface area contributed by atoms with Crippen LogP contribution < -0.4 is 5.46 Å². The molecule has 1 atom stereocenters. The summed E-state index contributed by atoms with van der Waals surface area (Å²) >= 11 is 0. The zero-order chi connectivity index (χ0) is 18.7. The van der Waals surface area contributed by atoms with Gasteiger partial charge in [0.2, 0.25) is 0 Å². The molecule has 0 spiro atoms. The lowest BCUT2D eigenvalue weighted by atomic mass is 9.74. The molecule has 1 aromatic rings. The second kappa shape index (κ2) is 5.71. The van der Waals surface area contributed by atoms with E-state index in [2.05, 4.69) is 0 Å². The normalized spacial score (nSPS) is 23.6. The molecule has 3 rings (SSSR count). The van der Waals surface area contributed by atoms with Gasteiger partial charge in [-0.2, -0.15) is 0 Å². The third-order valence-electron chi connectivity index (χ3n) is 5.93. The van der Waals surface area contributed by atoms with Crippen LogP contribution in [0.15, 0.2) is 6.07 Å². The highest BCUT2D eigenvalue weighted by molar-refractivity contribution is 6.62. The Morgan fingerprint density at radius 1 is 1.32 bits per heavy atom. The van der Waals surface area contributed by atoms with E-state index in [1.165, 1.54) is 11.9 Å². The lowest BCUT2D eigenvalue weighted by Crippen LogP contribution is -2.41. The Morgan fingerprint density at radius 3 is 2.40 bits per heavy atom. The molecular formula is C18H25BFNO4. The Balaban J connectivity index is 2.02. The lowest BCUT2D eigenvalue weighted by molar-refractivity contribution is 0.00578. The van der Waals surface area contributed by atoms with Gasteiger partial charge in [0.1, 0.15) is 5.82 Å². The van der Waals surface area contributed by atoms with E-state index in [1.54, 1.807) is 0 Å². The molecule has 1 amide bonds. The van der Waals surface area contributed by atoms with Crippen molar-refractivity contribution in [1.82, 2.24) is 4.90 Å². The predicted molar refractivity (Wildman–Crippen MR) is 93.7 cm³/mol. The van der Waals surface area contributed by atoms with Gasteiger partial charge in [-0.25, -0.2) is 9.18 Å². The van der Waals surface area contributed by atoms with E-state index < -0.39 is 24.4 Å². The number of carbonyl (C=O) groups is 1. The zero-order valence-electron chi connectivity index (χ0n) is 15.6. The molecule has 1 aliphatic heterocycles. The number of hydrogen-bond donors (Lipinski definition) is 1. The summed E-state index contributed by atoms with van der Waals surface area (Å²) in [5.74, 6) is -0.324. The average molecular weight is 349 g/mol. The Bertz CT molecular complexity index is 718. The van der Waals surface area contributed by atoms with Crippen LogP contribution in [0.3, 0.4) is 0 Å². The van der Waals surface area contributed by atoms with Gasteiger partial charge in [-0.1, -0.05) is 6.07 Å². The van der Waals surface area contributed by atoms with Crippen molar-refractivity contribution in [2.75, 3.05) is 7.05 Å². The summed E-state index contributed by atoms with van der Waals surface area (Å²) in [5.41, 5.74) is 1.40. The molecule has 5 nitrogen and oxygen atoms in total. The molecule has 1 aromatic carbocycles. The maximum atomic E-state index is 15.3. The van der Waals surface area contributed by atoms with Gasteiger partial charge >= 0.3 is 13.2 Å². The summed E-state index contributed by atoms with van der Waals surface area (Å²) in [6.45, 7) is 9.56. The molecule has 0 bridgehead atoms. The van der Waals surface area contributed by atoms with E-state index in [-0.39, 0.29) is 11.9 Å². The Hall–Kier alpha value is -1.60. The number of carboxylic acid groups (broad SMARTS) is 1. The smallest absolute Gasteiger partial charge is 0.465 e. The van der Waals surface area contributed by atoms with Crippen molar-refractivity contribution in [3.05, 3.63) is 28.6 Å². The van der Waals surface area contributed by atoms with Crippen LogP contribution in [0.5, 0.6) is 0 Å². The molecule has 1 N–H and O–H groups in total. The fraction of sp³-hybridized carbons (Fsp3) is 0.611. The molecule has 0 saturated carbocycles. The summed E-state index contributed by atoms with van der Waals surface area (Å²) in [6, 6.07) is 1.57. The second-order valence-electron chi connectivity index (χ2n) is 8.03. The molecule has 0 aromatic heterocycles. The number of rotatable bonds is 2. The maximum absolute atomic E-state index is 15.3. The van der Waals surface area contributed by atoms with Crippen molar-refractivity contribution in [1.29, 1.82) is 0 Å². The van der Waals surface area contributed by atoms with E-state index in [0.717, 1.165) is 11.1 Å². The minimum atomic E-state index is -1.01. The Labute approximate surface area is 148 Å². The van der Waals surface area contributed by atoms with Crippen LogP contribution in [-0.4, -0.2) is 41.5 Å². The average Bonchev–Trinajstić information content (AvgIpc) is 2.97. The number of hydrogen-bond acceptors (Lipinski definition) is 3. The first-order valence-electron chi connectivity index (χ1n) is 8.59. The van der Waals surface area contributed by atoms with Crippen LogP contribution >= 0.6 is 0 Å². The van der Waals surface area contributed by atoms with Crippen LogP contribution in [-0.2, 0) is 15.7 Å². The highest BCUT2D eigenvalue weighted by atomic mass is 19.1. The molecule has 2 aliphatic rings. The molecule has 136 valence electrons. The van der Waals surface area contributed by atoms with Crippen molar-refractivity contribution in [2.24, 2.45) is 0 Å². The number of amides is 1. The molecule has 0 radical (unpaired) electrons. The van der Waals surface area contributed by atoms with E-state index >= 15 is 4.39 Å². The third kappa shape index (κ3) is 2.73. The highest BCUT2D eigenvalue weighted by Crippen LogP contribution is 2.40. The molecule has 1 heterocycles. The largest absolute Gasteiger partial charge is 0.498 e. The van der Waals surface area contributed by atoms with E-state index in [9.17, 15) is 9.90 Å². The molecule has 25 heavy (non-hydrogen) atoms. The number of halogens is 1. The quantitative estimate of drug-likeness (QED) is 0.834. The van der Waals surface area contributed by atoms with Gasteiger partial charge in [0, 0.05) is 12.5 Å². The first-order valence-corrected chi connectivity index (χ1v) is 8.59. The van der Waals surface area contributed by atoms with E-state index in [0.29, 0.717) is 23.9 Å². The Morgan fingerprint density at radius 2 is 1.88 bits per heavy atom.